The lowest BCUT2D eigenvalue weighted by Gasteiger charge is -2.08. The minimum Gasteiger partial charge on any atom is -0.468 e. The van der Waals surface area contributed by atoms with E-state index in [9.17, 15) is 18.0 Å². The van der Waals surface area contributed by atoms with Crippen molar-refractivity contribution in [3.63, 3.8) is 0 Å². The van der Waals surface area contributed by atoms with Gasteiger partial charge >= 0.3 is 5.97 Å². The van der Waals surface area contributed by atoms with E-state index in [-0.39, 0.29) is 5.56 Å². The summed E-state index contributed by atoms with van der Waals surface area (Å²) in [5, 5.41) is 0. The highest BCUT2D eigenvalue weighted by molar-refractivity contribution is 9.09. The van der Waals surface area contributed by atoms with Crippen LogP contribution in [0.5, 0.6) is 0 Å². The van der Waals surface area contributed by atoms with Crippen LogP contribution in [0.25, 0.3) is 0 Å². The molecule has 1 atom stereocenters. The molecule has 6 heteroatoms. The number of halogens is 4. The average Bonchev–Trinajstić information content (AvgIpc) is 2.23. The lowest BCUT2D eigenvalue weighted by atomic mass is 10.1. The van der Waals surface area contributed by atoms with Crippen LogP contribution in [0, 0.1) is 17.5 Å². The average molecular weight is 283 g/mol. The Morgan fingerprint density at radius 3 is 2.20 bits per heavy atom. The first kappa shape index (κ1) is 12.0. The highest BCUT2D eigenvalue weighted by atomic mass is 79.9. The molecule has 1 aromatic carbocycles. The first-order valence-electron chi connectivity index (χ1n) is 3.83. The van der Waals surface area contributed by atoms with Crippen LogP contribution in [0.1, 0.15) is 10.4 Å². The number of hydrogen-bond donors (Lipinski definition) is 0. The van der Waals surface area contributed by atoms with Gasteiger partial charge in [0.25, 0.3) is 0 Å². The number of ether oxygens (including phenoxy) is 1. The standard InChI is InChI=1S/C9H6BrF3O2/c1-15-9(14)7(10)4-2-5(11)8(13)6(12)3-4/h2-3,7H,1H3. The smallest absolute Gasteiger partial charge is 0.324 e. The van der Waals surface area contributed by atoms with Gasteiger partial charge in [0.05, 0.1) is 7.11 Å². The molecule has 1 rings (SSSR count). The second-order valence-corrected chi connectivity index (χ2v) is 3.60. The number of esters is 1. The normalized spacial score (nSPS) is 12.3. The summed E-state index contributed by atoms with van der Waals surface area (Å²) in [6.45, 7) is 0. The van der Waals surface area contributed by atoms with Crippen LogP contribution < -0.4 is 0 Å². The van der Waals surface area contributed by atoms with Gasteiger partial charge in [0.1, 0.15) is 4.83 Å². The summed E-state index contributed by atoms with van der Waals surface area (Å²) in [5.74, 6) is -4.99. The summed E-state index contributed by atoms with van der Waals surface area (Å²) < 4.78 is 42.5. The number of carbonyl (C=O) groups is 1. The van der Waals surface area contributed by atoms with Crippen molar-refractivity contribution in [1.29, 1.82) is 0 Å². The summed E-state index contributed by atoms with van der Waals surface area (Å²) in [6, 6.07) is 1.46. The molecule has 2 nitrogen and oxygen atoms in total. The minimum atomic E-state index is -1.57. The molecule has 0 N–H and O–H groups in total. The maximum absolute atomic E-state index is 12.8. The fraction of sp³-hybridized carbons (Fsp3) is 0.222. The van der Waals surface area contributed by atoms with Gasteiger partial charge < -0.3 is 4.74 Å². The molecule has 0 bridgehead atoms. The zero-order chi connectivity index (χ0) is 11.6. The Hall–Kier alpha value is -1.04. The maximum Gasteiger partial charge on any atom is 0.324 e. The van der Waals surface area contributed by atoms with Gasteiger partial charge in [-0.15, -0.1) is 0 Å². The predicted molar refractivity (Wildman–Crippen MR) is 50.0 cm³/mol. The van der Waals surface area contributed by atoms with Gasteiger partial charge in [0, 0.05) is 0 Å². The van der Waals surface area contributed by atoms with Crippen molar-refractivity contribution in [3.8, 4) is 0 Å². The Bertz CT molecular complexity index is 372. The molecule has 15 heavy (non-hydrogen) atoms. The van der Waals surface area contributed by atoms with E-state index in [1.807, 2.05) is 0 Å². The van der Waals surface area contributed by atoms with Crippen molar-refractivity contribution >= 4 is 21.9 Å². The van der Waals surface area contributed by atoms with Crippen LogP contribution in [0.2, 0.25) is 0 Å². The third kappa shape index (κ3) is 2.50. The van der Waals surface area contributed by atoms with Gasteiger partial charge in [0.2, 0.25) is 0 Å². The van der Waals surface area contributed by atoms with Gasteiger partial charge in [-0.1, -0.05) is 15.9 Å². The van der Waals surface area contributed by atoms with E-state index in [0.717, 1.165) is 19.2 Å². The second kappa shape index (κ2) is 4.65. The molecule has 0 aliphatic heterocycles. The number of benzene rings is 1. The van der Waals surface area contributed by atoms with E-state index >= 15 is 0 Å². The highest BCUT2D eigenvalue weighted by Crippen LogP contribution is 2.26. The lowest BCUT2D eigenvalue weighted by Crippen LogP contribution is -2.09. The van der Waals surface area contributed by atoms with E-state index in [1.165, 1.54) is 0 Å². The molecular formula is C9H6BrF3O2. The van der Waals surface area contributed by atoms with Crippen molar-refractivity contribution in [2.24, 2.45) is 0 Å². The number of rotatable bonds is 2. The van der Waals surface area contributed by atoms with E-state index in [1.54, 1.807) is 0 Å². The SMILES string of the molecule is COC(=O)C(Br)c1cc(F)c(F)c(F)c1. The van der Waals surface area contributed by atoms with Crippen LogP contribution in [0.3, 0.4) is 0 Å². The van der Waals surface area contributed by atoms with Crippen LogP contribution in [-0.2, 0) is 9.53 Å². The summed E-state index contributed by atoms with van der Waals surface area (Å²) in [6.07, 6.45) is 0. The fourth-order valence-electron chi connectivity index (χ4n) is 0.961. The molecule has 0 heterocycles. The molecular weight excluding hydrogens is 277 g/mol. The summed E-state index contributed by atoms with van der Waals surface area (Å²) in [5.41, 5.74) is -0.0433. The number of alkyl halides is 1. The zero-order valence-corrected chi connectivity index (χ0v) is 9.15. The van der Waals surface area contributed by atoms with Crippen LogP contribution in [0.4, 0.5) is 13.2 Å². The molecule has 0 aliphatic carbocycles. The minimum absolute atomic E-state index is 0.0433. The maximum atomic E-state index is 12.8. The van der Waals surface area contributed by atoms with Gasteiger partial charge in [-0.25, -0.2) is 13.2 Å². The summed E-state index contributed by atoms with van der Waals surface area (Å²) >= 11 is 2.87. The molecule has 0 spiro atoms. The molecule has 0 amide bonds. The van der Waals surface area contributed by atoms with Gasteiger partial charge in [0.15, 0.2) is 17.5 Å². The first-order valence-corrected chi connectivity index (χ1v) is 4.75. The van der Waals surface area contributed by atoms with Gasteiger partial charge in [-0.05, 0) is 17.7 Å². The molecule has 82 valence electrons. The molecule has 0 saturated carbocycles. The van der Waals surface area contributed by atoms with Crippen molar-refractivity contribution < 1.29 is 22.7 Å². The third-order valence-corrected chi connectivity index (χ3v) is 2.61. The van der Waals surface area contributed by atoms with E-state index < -0.39 is 28.2 Å². The van der Waals surface area contributed by atoms with Crippen molar-refractivity contribution in [2.75, 3.05) is 7.11 Å². The largest absolute Gasteiger partial charge is 0.468 e. The zero-order valence-electron chi connectivity index (χ0n) is 7.56. The Morgan fingerprint density at radius 2 is 1.80 bits per heavy atom. The molecule has 0 aliphatic rings. The molecule has 1 unspecified atom stereocenters. The summed E-state index contributed by atoms with van der Waals surface area (Å²) in [4.78, 5) is 9.99. The first-order chi connectivity index (χ1) is 6.97. The molecule has 0 fully saturated rings. The topological polar surface area (TPSA) is 26.3 Å². The molecule has 1 aromatic rings. The molecule has 0 aromatic heterocycles. The van der Waals surface area contributed by atoms with E-state index in [0.29, 0.717) is 0 Å². The Balaban J connectivity index is 3.11. The lowest BCUT2D eigenvalue weighted by molar-refractivity contribution is -0.139. The number of hydrogen-bond acceptors (Lipinski definition) is 2. The molecule has 0 radical (unpaired) electrons. The van der Waals surface area contributed by atoms with Crippen molar-refractivity contribution in [2.45, 2.75) is 4.83 Å². The van der Waals surface area contributed by atoms with Crippen LogP contribution in [-0.4, -0.2) is 13.1 Å². The van der Waals surface area contributed by atoms with Crippen LogP contribution in [0.15, 0.2) is 12.1 Å². The Labute approximate surface area is 92.2 Å². The Morgan fingerprint density at radius 1 is 1.33 bits per heavy atom. The monoisotopic (exact) mass is 282 g/mol. The number of carbonyl (C=O) groups excluding carboxylic acids is 1. The van der Waals surface area contributed by atoms with Gasteiger partial charge in [-0.3, -0.25) is 4.79 Å². The van der Waals surface area contributed by atoms with Crippen molar-refractivity contribution in [3.05, 3.63) is 35.1 Å². The van der Waals surface area contributed by atoms with Gasteiger partial charge in [-0.2, -0.15) is 0 Å². The third-order valence-electron chi connectivity index (χ3n) is 1.71. The second-order valence-electron chi connectivity index (χ2n) is 2.68. The van der Waals surface area contributed by atoms with Crippen molar-refractivity contribution in [1.82, 2.24) is 0 Å². The van der Waals surface area contributed by atoms with E-state index in [2.05, 4.69) is 20.7 Å². The fourth-order valence-corrected chi connectivity index (χ4v) is 1.41. The number of methoxy groups -OCH3 is 1. The highest BCUT2D eigenvalue weighted by Gasteiger charge is 2.21. The van der Waals surface area contributed by atoms with Crippen LogP contribution >= 0.6 is 15.9 Å². The van der Waals surface area contributed by atoms with E-state index in [4.69, 9.17) is 0 Å². The Kier molecular flexibility index (Phi) is 3.73. The predicted octanol–water partition coefficient (Wildman–Crippen LogP) is 2.71. The quantitative estimate of drug-likeness (QED) is 0.474. The molecule has 0 saturated heterocycles. The summed E-state index contributed by atoms with van der Waals surface area (Å²) in [7, 11) is 1.13.